The highest BCUT2D eigenvalue weighted by molar-refractivity contribution is 5.77. The molecule has 0 aliphatic carbocycles. The van der Waals surface area contributed by atoms with E-state index in [0.29, 0.717) is 24.6 Å². The summed E-state index contributed by atoms with van der Waals surface area (Å²) >= 11 is 0. The predicted molar refractivity (Wildman–Crippen MR) is 90.9 cm³/mol. The zero-order valence-corrected chi connectivity index (χ0v) is 13.9. The number of benzene rings is 2. The molecule has 0 spiro atoms. The normalized spacial score (nSPS) is 16.7. The summed E-state index contributed by atoms with van der Waals surface area (Å²) in [6.07, 6.45) is 0.573. The van der Waals surface area contributed by atoms with Gasteiger partial charge in [0.2, 0.25) is 5.91 Å². The molecular formula is C20H21F2NO2. The number of carbonyl (C=O) groups is 1. The van der Waals surface area contributed by atoms with Crippen molar-refractivity contribution in [3.05, 3.63) is 71.3 Å². The summed E-state index contributed by atoms with van der Waals surface area (Å²) in [5.41, 5.74) is 1.50. The fourth-order valence-electron chi connectivity index (χ4n) is 3.32. The minimum Gasteiger partial charge on any atom is -0.388 e. The highest BCUT2D eigenvalue weighted by Gasteiger charge is 2.25. The van der Waals surface area contributed by atoms with Crippen LogP contribution in [0.5, 0.6) is 0 Å². The van der Waals surface area contributed by atoms with E-state index in [9.17, 15) is 18.7 Å². The maximum atomic E-state index is 13.2. The maximum absolute atomic E-state index is 13.2. The highest BCUT2D eigenvalue weighted by atomic mass is 19.1. The molecule has 5 heteroatoms. The molecule has 1 atom stereocenters. The van der Waals surface area contributed by atoms with Crippen LogP contribution in [0.1, 0.15) is 42.4 Å². The number of halogens is 2. The van der Waals surface area contributed by atoms with Crippen LogP contribution in [-0.2, 0) is 4.79 Å². The summed E-state index contributed by atoms with van der Waals surface area (Å²) < 4.78 is 26.2. The molecule has 0 bridgehead atoms. The van der Waals surface area contributed by atoms with Crippen molar-refractivity contribution in [3.63, 3.8) is 0 Å². The molecule has 1 fully saturated rings. The van der Waals surface area contributed by atoms with Gasteiger partial charge in [0, 0.05) is 13.1 Å². The van der Waals surface area contributed by atoms with Crippen molar-refractivity contribution >= 4 is 5.91 Å². The zero-order valence-electron chi connectivity index (χ0n) is 13.9. The van der Waals surface area contributed by atoms with Crippen LogP contribution in [0.2, 0.25) is 0 Å². The first-order valence-corrected chi connectivity index (χ1v) is 8.49. The lowest BCUT2D eigenvalue weighted by molar-refractivity contribution is -0.134. The molecule has 1 aliphatic rings. The van der Waals surface area contributed by atoms with Gasteiger partial charge in [0.25, 0.3) is 0 Å². The summed E-state index contributed by atoms with van der Waals surface area (Å²) in [6.45, 7) is 1.22. The van der Waals surface area contributed by atoms with Crippen molar-refractivity contribution in [2.75, 3.05) is 13.1 Å². The second-order valence-corrected chi connectivity index (χ2v) is 6.48. The van der Waals surface area contributed by atoms with Gasteiger partial charge in [-0.05, 0) is 54.2 Å². The quantitative estimate of drug-likeness (QED) is 0.916. The highest BCUT2D eigenvalue weighted by Crippen LogP contribution is 2.29. The average Bonchev–Trinajstić information content (AvgIpc) is 2.62. The number of rotatable bonds is 4. The van der Waals surface area contributed by atoms with E-state index in [1.807, 2.05) is 0 Å². The summed E-state index contributed by atoms with van der Waals surface area (Å²) in [5, 5.41) is 10.2. The Labute approximate surface area is 145 Å². The Kier molecular flexibility index (Phi) is 5.43. The molecule has 0 radical (unpaired) electrons. The Bertz CT molecular complexity index is 725. The van der Waals surface area contributed by atoms with Gasteiger partial charge in [0.05, 0.1) is 12.5 Å². The summed E-state index contributed by atoms with van der Waals surface area (Å²) in [4.78, 5) is 14.1. The lowest BCUT2D eigenvalue weighted by Crippen LogP contribution is -2.38. The van der Waals surface area contributed by atoms with Crippen LogP contribution in [0.4, 0.5) is 8.78 Å². The molecule has 0 aromatic heterocycles. The number of likely N-dealkylation sites (tertiary alicyclic amines) is 1. The van der Waals surface area contributed by atoms with E-state index < -0.39 is 11.9 Å². The largest absolute Gasteiger partial charge is 0.388 e. The Morgan fingerprint density at radius 3 is 2.40 bits per heavy atom. The van der Waals surface area contributed by atoms with Crippen LogP contribution in [0.15, 0.2) is 48.5 Å². The topological polar surface area (TPSA) is 40.5 Å². The van der Waals surface area contributed by atoms with Gasteiger partial charge in [-0.15, -0.1) is 0 Å². The van der Waals surface area contributed by atoms with E-state index in [1.54, 1.807) is 23.1 Å². The number of aliphatic hydroxyl groups is 1. The van der Waals surface area contributed by atoms with E-state index in [4.69, 9.17) is 0 Å². The minimum atomic E-state index is -1.00. The monoisotopic (exact) mass is 345 g/mol. The molecular weight excluding hydrogens is 324 g/mol. The lowest BCUT2D eigenvalue weighted by Gasteiger charge is -2.32. The molecule has 0 saturated carbocycles. The number of aliphatic hydroxyl groups excluding tert-OH is 1. The zero-order chi connectivity index (χ0) is 17.8. The van der Waals surface area contributed by atoms with Crippen LogP contribution >= 0.6 is 0 Å². The molecule has 1 amide bonds. The van der Waals surface area contributed by atoms with Gasteiger partial charge in [-0.2, -0.15) is 0 Å². The second kappa shape index (κ2) is 7.74. The van der Waals surface area contributed by atoms with E-state index in [1.165, 1.54) is 30.3 Å². The van der Waals surface area contributed by atoms with Crippen LogP contribution in [0, 0.1) is 11.6 Å². The third kappa shape index (κ3) is 4.42. The van der Waals surface area contributed by atoms with Gasteiger partial charge < -0.3 is 10.0 Å². The molecule has 1 unspecified atom stereocenters. The van der Waals surface area contributed by atoms with Gasteiger partial charge in [-0.25, -0.2) is 8.78 Å². The Balaban J connectivity index is 1.53. The first kappa shape index (κ1) is 17.5. The first-order valence-electron chi connectivity index (χ1n) is 8.49. The molecule has 3 nitrogen and oxygen atoms in total. The van der Waals surface area contributed by atoms with Gasteiger partial charge in [0.15, 0.2) is 0 Å². The number of hydrogen-bond acceptors (Lipinski definition) is 2. The standard InChI is InChI=1S/C20H21F2NO2/c21-17-6-4-14(5-7-17)15-8-10-23(11-9-15)20(25)13-19(24)16-2-1-3-18(22)12-16/h1-7,12,15,19,24H,8-11,13H2. The van der Waals surface area contributed by atoms with Gasteiger partial charge in [-0.3, -0.25) is 4.79 Å². The summed E-state index contributed by atoms with van der Waals surface area (Å²) in [6, 6.07) is 12.2. The minimum absolute atomic E-state index is 0.0509. The Hall–Kier alpha value is -2.27. The van der Waals surface area contributed by atoms with E-state index in [-0.39, 0.29) is 18.1 Å². The third-order valence-corrected chi connectivity index (χ3v) is 4.79. The van der Waals surface area contributed by atoms with Crippen molar-refractivity contribution in [1.29, 1.82) is 0 Å². The number of amides is 1. The third-order valence-electron chi connectivity index (χ3n) is 4.79. The number of nitrogens with zero attached hydrogens (tertiary/aromatic N) is 1. The van der Waals surface area contributed by atoms with Gasteiger partial charge in [-0.1, -0.05) is 24.3 Å². The molecule has 25 heavy (non-hydrogen) atoms. The molecule has 132 valence electrons. The fraction of sp³-hybridized carbons (Fsp3) is 0.350. The second-order valence-electron chi connectivity index (χ2n) is 6.48. The van der Waals surface area contributed by atoms with Crippen LogP contribution in [-0.4, -0.2) is 29.0 Å². The fourth-order valence-corrected chi connectivity index (χ4v) is 3.32. The molecule has 1 heterocycles. The van der Waals surface area contributed by atoms with Crippen molar-refractivity contribution in [1.82, 2.24) is 4.90 Å². The predicted octanol–water partition coefficient (Wildman–Crippen LogP) is 3.79. The van der Waals surface area contributed by atoms with E-state index in [2.05, 4.69) is 0 Å². The van der Waals surface area contributed by atoms with Crippen molar-refractivity contribution in [2.24, 2.45) is 0 Å². The Morgan fingerprint density at radius 1 is 1.08 bits per heavy atom. The molecule has 1 aliphatic heterocycles. The van der Waals surface area contributed by atoms with Gasteiger partial charge >= 0.3 is 0 Å². The molecule has 3 rings (SSSR count). The van der Waals surface area contributed by atoms with E-state index >= 15 is 0 Å². The molecule has 1 saturated heterocycles. The van der Waals surface area contributed by atoms with Crippen LogP contribution in [0.3, 0.4) is 0 Å². The smallest absolute Gasteiger partial charge is 0.225 e. The summed E-state index contributed by atoms with van der Waals surface area (Å²) in [5.74, 6) is -0.487. The lowest BCUT2D eigenvalue weighted by atomic mass is 9.89. The Morgan fingerprint density at radius 2 is 1.76 bits per heavy atom. The molecule has 2 aromatic rings. The van der Waals surface area contributed by atoms with Crippen molar-refractivity contribution in [2.45, 2.75) is 31.3 Å². The van der Waals surface area contributed by atoms with Crippen molar-refractivity contribution < 1.29 is 18.7 Å². The molecule has 1 N–H and O–H groups in total. The maximum Gasteiger partial charge on any atom is 0.225 e. The average molecular weight is 345 g/mol. The van der Waals surface area contributed by atoms with Crippen LogP contribution < -0.4 is 0 Å². The van der Waals surface area contributed by atoms with Crippen LogP contribution in [0.25, 0.3) is 0 Å². The van der Waals surface area contributed by atoms with Gasteiger partial charge in [0.1, 0.15) is 11.6 Å². The van der Waals surface area contributed by atoms with E-state index in [0.717, 1.165) is 18.4 Å². The number of piperidine rings is 1. The molecule has 2 aromatic carbocycles. The first-order chi connectivity index (χ1) is 12.0. The number of carbonyl (C=O) groups excluding carboxylic acids is 1. The van der Waals surface area contributed by atoms with Crippen molar-refractivity contribution in [3.8, 4) is 0 Å². The SMILES string of the molecule is O=C(CC(O)c1cccc(F)c1)N1CCC(c2ccc(F)cc2)CC1. The summed E-state index contributed by atoms with van der Waals surface area (Å²) in [7, 11) is 0. The number of hydrogen-bond donors (Lipinski definition) is 1.